The Bertz CT molecular complexity index is 710. The largest absolute Gasteiger partial charge is 0.469 e. The number of hydrogen-bond donors (Lipinski definition) is 1. The predicted octanol–water partition coefficient (Wildman–Crippen LogP) is 3.30. The van der Waals surface area contributed by atoms with Gasteiger partial charge in [0.15, 0.2) is 11.6 Å². The predicted molar refractivity (Wildman–Crippen MR) is 84.8 cm³/mol. The molecular weight excluding hydrogens is 335 g/mol. The van der Waals surface area contributed by atoms with Gasteiger partial charge in [0.1, 0.15) is 5.82 Å². The maximum Gasteiger partial charge on any atom is 0.307 e. The van der Waals surface area contributed by atoms with Crippen LogP contribution in [0.25, 0.3) is 0 Å². The first-order valence-corrected chi connectivity index (χ1v) is 7.61. The highest BCUT2D eigenvalue weighted by atomic mass is 19.2. The molecule has 0 heterocycles. The summed E-state index contributed by atoms with van der Waals surface area (Å²) in [5.41, 5.74) is 3.49. The summed E-state index contributed by atoms with van der Waals surface area (Å²) in [5, 5.41) is 0. The molecular formula is C18H18F3NO3. The second-order valence-corrected chi connectivity index (χ2v) is 5.43. The minimum atomic E-state index is -1.26. The molecule has 7 heteroatoms. The Hall–Kier alpha value is -2.38. The molecule has 25 heavy (non-hydrogen) atoms. The van der Waals surface area contributed by atoms with Crippen LogP contribution in [0.2, 0.25) is 0 Å². The summed E-state index contributed by atoms with van der Waals surface area (Å²) in [7, 11) is 1.22. The summed E-state index contributed by atoms with van der Waals surface area (Å²) in [4.78, 5) is 16.9. The van der Waals surface area contributed by atoms with Crippen molar-refractivity contribution >= 4 is 5.97 Å². The van der Waals surface area contributed by atoms with Gasteiger partial charge in [0.25, 0.3) is 0 Å². The SMILES string of the molecule is COC(=O)C[C@H](Cc1cc(F)c(F)cc1F)NOCc1ccccc1. The average molecular weight is 353 g/mol. The fraction of sp³-hybridized carbons (Fsp3) is 0.278. The number of rotatable bonds is 8. The van der Waals surface area contributed by atoms with Gasteiger partial charge in [-0.25, -0.2) is 13.2 Å². The Morgan fingerprint density at radius 1 is 1.08 bits per heavy atom. The third-order valence-electron chi connectivity index (χ3n) is 3.53. The van der Waals surface area contributed by atoms with Crippen molar-refractivity contribution in [2.24, 2.45) is 0 Å². The van der Waals surface area contributed by atoms with E-state index < -0.39 is 29.5 Å². The molecule has 2 rings (SSSR count). The molecule has 0 aliphatic rings. The zero-order chi connectivity index (χ0) is 18.2. The summed E-state index contributed by atoms with van der Waals surface area (Å²) >= 11 is 0. The Morgan fingerprint density at radius 2 is 1.76 bits per heavy atom. The molecule has 0 bridgehead atoms. The van der Waals surface area contributed by atoms with Crippen LogP contribution >= 0.6 is 0 Å². The quantitative estimate of drug-likeness (QED) is 0.449. The molecule has 0 fully saturated rings. The van der Waals surface area contributed by atoms with E-state index in [1.807, 2.05) is 30.3 Å². The van der Waals surface area contributed by atoms with Crippen LogP contribution in [0.3, 0.4) is 0 Å². The monoisotopic (exact) mass is 353 g/mol. The van der Waals surface area contributed by atoms with Gasteiger partial charge in [-0.05, 0) is 23.6 Å². The van der Waals surface area contributed by atoms with E-state index in [1.165, 1.54) is 7.11 Å². The standard InChI is InChI=1S/C18H18F3NO3/c1-24-18(23)9-14(22-25-11-12-5-3-2-4-6-12)7-13-8-16(20)17(21)10-15(13)19/h2-6,8,10,14,22H,7,9,11H2,1H3/t14-/m0/s1. The molecule has 0 aromatic heterocycles. The first-order chi connectivity index (χ1) is 12.0. The number of benzene rings is 2. The number of hydroxylamine groups is 1. The first-order valence-electron chi connectivity index (χ1n) is 7.61. The Balaban J connectivity index is 2.02. The summed E-state index contributed by atoms with van der Waals surface area (Å²) in [6.07, 6.45) is -0.198. The van der Waals surface area contributed by atoms with Crippen molar-refractivity contribution in [3.05, 3.63) is 71.0 Å². The molecule has 1 N–H and O–H groups in total. The molecule has 0 spiro atoms. The van der Waals surface area contributed by atoms with Crippen LogP contribution in [0.4, 0.5) is 13.2 Å². The molecule has 4 nitrogen and oxygen atoms in total. The number of carbonyl (C=O) groups is 1. The lowest BCUT2D eigenvalue weighted by Crippen LogP contribution is -2.34. The van der Waals surface area contributed by atoms with Crippen LogP contribution in [0.1, 0.15) is 17.5 Å². The van der Waals surface area contributed by atoms with Gasteiger partial charge in [-0.15, -0.1) is 0 Å². The van der Waals surface area contributed by atoms with Crippen LogP contribution in [0.5, 0.6) is 0 Å². The number of nitrogens with one attached hydrogen (secondary N) is 1. The van der Waals surface area contributed by atoms with Crippen LogP contribution in [-0.2, 0) is 27.4 Å². The number of methoxy groups -OCH3 is 1. The molecule has 0 saturated carbocycles. The molecule has 0 aliphatic carbocycles. The lowest BCUT2D eigenvalue weighted by Gasteiger charge is -2.18. The Kier molecular flexibility index (Phi) is 6.97. The summed E-state index contributed by atoms with van der Waals surface area (Å²) in [6, 6.07) is 9.85. The first kappa shape index (κ1) is 19.0. The summed E-state index contributed by atoms with van der Waals surface area (Å²) < 4.78 is 44.7. The molecule has 0 radical (unpaired) electrons. The van der Waals surface area contributed by atoms with E-state index in [4.69, 9.17) is 4.84 Å². The molecule has 134 valence electrons. The molecule has 0 saturated heterocycles. The van der Waals surface area contributed by atoms with Crippen molar-refractivity contribution in [2.75, 3.05) is 7.11 Å². The third-order valence-corrected chi connectivity index (χ3v) is 3.53. The Labute approximate surface area is 143 Å². The van der Waals surface area contributed by atoms with Crippen molar-refractivity contribution in [3.63, 3.8) is 0 Å². The van der Waals surface area contributed by atoms with E-state index in [2.05, 4.69) is 10.2 Å². The van der Waals surface area contributed by atoms with Gasteiger partial charge in [0.05, 0.1) is 20.1 Å². The second-order valence-electron chi connectivity index (χ2n) is 5.43. The highest BCUT2D eigenvalue weighted by molar-refractivity contribution is 5.69. The van der Waals surface area contributed by atoms with Crippen molar-refractivity contribution in [1.29, 1.82) is 0 Å². The van der Waals surface area contributed by atoms with Gasteiger partial charge in [-0.1, -0.05) is 30.3 Å². The van der Waals surface area contributed by atoms with Crippen LogP contribution in [0.15, 0.2) is 42.5 Å². The fourth-order valence-electron chi connectivity index (χ4n) is 2.24. The van der Waals surface area contributed by atoms with Gasteiger partial charge in [-0.3, -0.25) is 9.63 Å². The van der Waals surface area contributed by atoms with Crippen LogP contribution in [0, 0.1) is 17.5 Å². The lowest BCUT2D eigenvalue weighted by atomic mass is 10.0. The number of hydrogen-bond acceptors (Lipinski definition) is 4. The minimum Gasteiger partial charge on any atom is -0.469 e. The molecule has 2 aromatic carbocycles. The zero-order valence-corrected chi connectivity index (χ0v) is 13.6. The number of esters is 1. The number of carbonyl (C=O) groups excluding carboxylic acids is 1. The normalized spacial score (nSPS) is 12.0. The topological polar surface area (TPSA) is 47.6 Å². The fourth-order valence-corrected chi connectivity index (χ4v) is 2.24. The van der Waals surface area contributed by atoms with E-state index in [-0.39, 0.29) is 25.0 Å². The van der Waals surface area contributed by atoms with Crippen molar-refractivity contribution in [3.8, 4) is 0 Å². The maximum atomic E-state index is 13.8. The molecule has 2 aromatic rings. The van der Waals surface area contributed by atoms with Crippen molar-refractivity contribution in [1.82, 2.24) is 5.48 Å². The minimum absolute atomic E-state index is 0.0661. The van der Waals surface area contributed by atoms with Gasteiger partial charge < -0.3 is 4.74 Å². The third kappa shape index (κ3) is 5.88. The van der Waals surface area contributed by atoms with E-state index in [0.29, 0.717) is 6.07 Å². The summed E-state index contributed by atoms with van der Waals surface area (Å²) in [6.45, 7) is 0.221. The van der Waals surface area contributed by atoms with Crippen LogP contribution < -0.4 is 5.48 Å². The van der Waals surface area contributed by atoms with Gasteiger partial charge in [-0.2, -0.15) is 5.48 Å². The average Bonchev–Trinajstić information content (AvgIpc) is 2.60. The maximum absolute atomic E-state index is 13.8. The van der Waals surface area contributed by atoms with Gasteiger partial charge >= 0.3 is 5.97 Å². The van der Waals surface area contributed by atoms with Gasteiger partial charge in [0, 0.05) is 12.1 Å². The van der Waals surface area contributed by atoms with Gasteiger partial charge in [0.2, 0.25) is 0 Å². The van der Waals surface area contributed by atoms with Crippen molar-refractivity contribution < 1.29 is 27.5 Å². The summed E-state index contributed by atoms with van der Waals surface area (Å²) in [5.74, 6) is -3.85. The van der Waals surface area contributed by atoms with Crippen LogP contribution in [-0.4, -0.2) is 19.1 Å². The highest BCUT2D eigenvalue weighted by Gasteiger charge is 2.19. The molecule has 0 amide bonds. The van der Waals surface area contributed by atoms with E-state index in [1.54, 1.807) is 0 Å². The second kappa shape index (κ2) is 9.19. The molecule has 0 unspecified atom stereocenters. The lowest BCUT2D eigenvalue weighted by molar-refractivity contribution is -0.142. The molecule has 0 aliphatic heterocycles. The smallest absolute Gasteiger partial charge is 0.307 e. The van der Waals surface area contributed by atoms with E-state index in [9.17, 15) is 18.0 Å². The van der Waals surface area contributed by atoms with Crippen molar-refractivity contribution in [2.45, 2.75) is 25.5 Å². The van der Waals surface area contributed by atoms with E-state index >= 15 is 0 Å². The Morgan fingerprint density at radius 3 is 2.44 bits per heavy atom. The number of ether oxygens (including phenoxy) is 1. The number of halogens is 3. The zero-order valence-electron chi connectivity index (χ0n) is 13.6. The highest BCUT2D eigenvalue weighted by Crippen LogP contribution is 2.16. The van der Waals surface area contributed by atoms with E-state index in [0.717, 1.165) is 11.6 Å². The molecule has 1 atom stereocenters.